The predicted octanol–water partition coefficient (Wildman–Crippen LogP) is 4.95. The average molecular weight is 457 g/mol. The van der Waals surface area contributed by atoms with Gasteiger partial charge in [0.05, 0.1) is 13.3 Å². The van der Waals surface area contributed by atoms with Crippen molar-refractivity contribution in [2.75, 3.05) is 7.11 Å². The summed E-state index contributed by atoms with van der Waals surface area (Å²) in [6.45, 7) is 0.418. The van der Waals surface area contributed by atoms with E-state index in [2.05, 4.69) is 31.0 Å². The Morgan fingerprint density at radius 2 is 2.07 bits per heavy atom. The van der Waals surface area contributed by atoms with Crippen molar-refractivity contribution in [2.45, 2.75) is 6.61 Å². The van der Waals surface area contributed by atoms with Gasteiger partial charge in [0.25, 0.3) is 0 Å². The fourth-order valence-corrected chi connectivity index (χ4v) is 4.06. The molecule has 7 nitrogen and oxygen atoms in total. The standard InChI is InChI=1S/C19H13BrN4O3S/c1-25-12-7-14(26-10-11-5-3-2-4-6-11)16-15(8-12)27-17(22-16)13-9-21-19-24(13)23-18(20)28-19/h2-9H,10H2,1H3. The highest BCUT2D eigenvalue weighted by atomic mass is 79.9. The lowest BCUT2D eigenvalue weighted by Crippen LogP contribution is -1.96. The highest BCUT2D eigenvalue weighted by Crippen LogP contribution is 2.35. The highest BCUT2D eigenvalue weighted by molar-refractivity contribution is 9.11. The summed E-state index contributed by atoms with van der Waals surface area (Å²) in [6, 6.07) is 13.5. The zero-order chi connectivity index (χ0) is 19.1. The van der Waals surface area contributed by atoms with Crippen LogP contribution in [0, 0.1) is 0 Å². The quantitative estimate of drug-likeness (QED) is 0.372. The van der Waals surface area contributed by atoms with Crippen LogP contribution in [0.5, 0.6) is 11.5 Å². The molecule has 0 aliphatic carbocycles. The minimum Gasteiger partial charge on any atom is -0.496 e. The van der Waals surface area contributed by atoms with E-state index in [4.69, 9.17) is 13.9 Å². The van der Waals surface area contributed by atoms with Gasteiger partial charge < -0.3 is 13.9 Å². The zero-order valence-electron chi connectivity index (χ0n) is 14.6. The van der Waals surface area contributed by atoms with Crippen molar-refractivity contribution in [1.82, 2.24) is 19.6 Å². The van der Waals surface area contributed by atoms with Gasteiger partial charge in [-0.05, 0) is 21.5 Å². The fraction of sp³-hybridized carbons (Fsp3) is 0.105. The Bertz CT molecular complexity index is 1280. The first kappa shape index (κ1) is 17.2. The first-order valence-corrected chi connectivity index (χ1v) is 9.98. The Labute approximate surface area is 171 Å². The van der Waals surface area contributed by atoms with Crippen molar-refractivity contribution in [1.29, 1.82) is 0 Å². The second kappa shape index (κ2) is 6.92. The summed E-state index contributed by atoms with van der Waals surface area (Å²) >= 11 is 4.81. The summed E-state index contributed by atoms with van der Waals surface area (Å²) < 4.78 is 19.8. The molecule has 0 spiro atoms. The van der Waals surface area contributed by atoms with Gasteiger partial charge in [-0.2, -0.15) is 4.52 Å². The minimum atomic E-state index is 0.415. The second-order valence-corrected chi connectivity index (χ2v) is 8.19. The molecule has 0 saturated heterocycles. The smallest absolute Gasteiger partial charge is 0.248 e. The molecule has 0 aliphatic rings. The van der Waals surface area contributed by atoms with Crippen molar-refractivity contribution in [3.05, 3.63) is 58.1 Å². The number of hydrogen-bond donors (Lipinski definition) is 0. The molecule has 5 aromatic rings. The third-order valence-corrected chi connectivity index (χ3v) is 5.54. The zero-order valence-corrected chi connectivity index (χ0v) is 17.0. The topological polar surface area (TPSA) is 74.7 Å². The number of hydrogen-bond acceptors (Lipinski definition) is 7. The molecule has 28 heavy (non-hydrogen) atoms. The van der Waals surface area contributed by atoms with E-state index in [0.29, 0.717) is 40.8 Å². The molecular weight excluding hydrogens is 444 g/mol. The Hall–Kier alpha value is -2.91. The third kappa shape index (κ3) is 3.02. The molecule has 0 amide bonds. The van der Waals surface area contributed by atoms with Crippen LogP contribution in [0.25, 0.3) is 27.6 Å². The summed E-state index contributed by atoms with van der Waals surface area (Å²) in [5.74, 6) is 1.64. The van der Waals surface area contributed by atoms with E-state index < -0.39 is 0 Å². The molecule has 0 unspecified atom stereocenters. The maximum atomic E-state index is 6.02. The summed E-state index contributed by atoms with van der Waals surface area (Å²) in [5, 5.41) is 4.39. The molecule has 0 bridgehead atoms. The normalized spacial score (nSPS) is 11.4. The molecule has 140 valence electrons. The SMILES string of the molecule is COc1cc(OCc2ccccc2)c2nc(-c3cnc4sc(Br)nn34)oc2c1. The summed E-state index contributed by atoms with van der Waals surface area (Å²) in [6.07, 6.45) is 1.69. The van der Waals surface area contributed by atoms with Gasteiger partial charge >= 0.3 is 0 Å². The van der Waals surface area contributed by atoms with Gasteiger partial charge in [-0.15, -0.1) is 5.10 Å². The van der Waals surface area contributed by atoms with Crippen LogP contribution in [-0.4, -0.2) is 26.7 Å². The average Bonchev–Trinajstić information content (AvgIpc) is 3.39. The van der Waals surface area contributed by atoms with Crippen LogP contribution in [-0.2, 0) is 6.61 Å². The molecule has 0 radical (unpaired) electrons. The molecule has 5 rings (SSSR count). The van der Waals surface area contributed by atoms with E-state index in [9.17, 15) is 0 Å². The largest absolute Gasteiger partial charge is 0.496 e. The number of imidazole rings is 1. The van der Waals surface area contributed by atoms with E-state index in [0.717, 1.165) is 14.4 Å². The minimum absolute atomic E-state index is 0.415. The summed E-state index contributed by atoms with van der Waals surface area (Å²) in [7, 11) is 1.60. The Balaban J connectivity index is 1.58. The van der Waals surface area contributed by atoms with Crippen LogP contribution < -0.4 is 9.47 Å². The van der Waals surface area contributed by atoms with E-state index in [1.807, 2.05) is 36.4 Å². The van der Waals surface area contributed by atoms with Crippen LogP contribution in [0.3, 0.4) is 0 Å². The van der Waals surface area contributed by atoms with Crippen LogP contribution >= 0.6 is 27.3 Å². The highest BCUT2D eigenvalue weighted by Gasteiger charge is 2.19. The van der Waals surface area contributed by atoms with Crippen LogP contribution in [0.2, 0.25) is 0 Å². The number of aromatic nitrogens is 4. The van der Waals surface area contributed by atoms with Crippen molar-refractivity contribution >= 4 is 43.3 Å². The monoisotopic (exact) mass is 456 g/mol. The fourth-order valence-electron chi connectivity index (χ4n) is 2.86. The van der Waals surface area contributed by atoms with Gasteiger partial charge in [-0.3, -0.25) is 0 Å². The van der Waals surface area contributed by atoms with Gasteiger partial charge in [-0.1, -0.05) is 41.7 Å². The predicted molar refractivity (Wildman–Crippen MR) is 109 cm³/mol. The molecule has 0 aliphatic heterocycles. The van der Waals surface area contributed by atoms with Crippen LogP contribution in [0.4, 0.5) is 0 Å². The molecule has 3 heterocycles. The van der Waals surface area contributed by atoms with E-state index in [-0.39, 0.29) is 0 Å². The Morgan fingerprint density at radius 3 is 2.89 bits per heavy atom. The van der Waals surface area contributed by atoms with Crippen molar-refractivity contribution in [3.63, 3.8) is 0 Å². The number of halogens is 1. The van der Waals surface area contributed by atoms with E-state index in [1.54, 1.807) is 23.9 Å². The molecular formula is C19H13BrN4O3S. The second-order valence-electron chi connectivity index (χ2n) is 5.96. The summed E-state index contributed by atoms with van der Waals surface area (Å²) in [5.41, 5.74) is 2.92. The lowest BCUT2D eigenvalue weighted by atomic mass is 10.2. The molecule has 0 fully saturated rings. The van der Waals surface area contributed by atoms with Gasteiger partial charge in [0, 0.05) is 12.1 Å². The lowest BCUT2D eigenvalue weighted by Gasteiger charge is -2.08. The molecule has 0 saturated carbocycles. The Kier molecular flexibility index (Phi) is 4.25. The van der Waals surface area contributed by atoms with Gasteiger partial charge in [0.1, 0.15) is 18.1 Å². The third-order valence-electron chi connectivity index (χ3n) is 4.19. The number of nitrogens with zero attached hydrogens (tertiary/aromatic N) is 4. The first-order chi connectivity index (χ1) is 13.7. The van der Waals surface area contributed by atoms with E-state index in [1.165, 1.54) is 11.3 Å². The number of benzene rings is 2. The van der Waals surface area contributed by atoms with Gasteiger partial charge in [0.2, 0.25) is 10.9 Å². The van der Waals surface area contributed by atoms with Crippen molar-refractivity contribution in [3.8, 4) is 23.1 Å². The van der Waals surface area contributed by atoms with Crippen molar-refractivity contribution in [2.24, 2.45) is 0 Å². The summed E-state index contributed by atoms with van der Waals surface area (Å²) in [4.78, 5) is 9.75. The molecule has 0 atom stereocenters. The molecule has 0 N–H and O–H groups in total. The number of rotatable bonds is 5. The van der Waals surface area contributed by atoms with Crippen LogP contribution in [0.15, 0.2) is 57.0 Å². The molecule has 2 aromatic carbocycles. The first-order valence-electron chi connectivity index (χ1n) is 8.37. The molecule has 3 aromatic heterocycles. The maximum Gasteiger partial charge on any atom is 0.248 e. The van der Waals surface area contributed by atoms with Gasteiger partial charge in [-0.25, -0.2) is 9.97 Å². The maximum absolute atomic E-state index is 6.02. The molecule has 9 heteroatoms. The van der Waals surface area contributed by atoms with E-state index >= 15 is 0 Å². The van der Waals surface area contributed by atoms with Crippen LogP contribution in [0.1, 0.15) is 5.56 Å². The number of ether oxygens (including phenoxy) is 2. The number of methoxy groups -OCH3 is 1. The number of fused-ring (bicyclic) bond motifs is 2. The number of oxazole rings is 1. The van der Waals surface area contributed by atoms with Gasteiger partial charge in [0.15, 0.2) is 20.8 Å². The van der Waals surface area contributed by atoms with Crippen molar-refractivity contribution < 1.29 is 13.9 Å². The lowest BCUT2D eigenvalue weighted by molar-refractivity contribution is 0.307. The Morgan fingerprint density at radius 1 is 1.21 bits per heavy atom.